The molecule has 0 aliphatic rings. The molecule has 0 atom stereocenters. The highest BCUT2D eigenvalue weighted by atomic mass is 16.5. The standard InChI is InChI=1S/C15H14O4/c16-14(15(17)18)12-7-4-8-13(9-12)19-10-11-5-2-1-3-6-11/h1-9,15,17-18H,10H2. The molecule has 0 fully saturated rings. The lowest BCUT2D eigenvalue weighted by atomic mass is 10.1. The van der Waals surface area contributed by atoms with Crippen LogP contribution in [0.5, 0.6) is 5.75 Å². The summed E-state index contributed by atoms with van der Waals surface area (Å²) in [4.78, 5) is 11.4. The van der Waals surface area contributed by atoms with E-state index in [1.54, 1.807) is 12.1 Å². The first-order valence-electron chi connectivity index (χ1n) is 5.84. The van der Waals surface area contributed by atoms with Gasteiger partial charge in [-0.05, 0) is 17.7 Å². The molecule has 2 rings (SSSR count). The number of ketones is 1. The molecule has 2 aromatic carbocycles. The topological polar surface area (TPSA) is 66.8 Å². The van der Waals surface area contributed by atoms with Crippen molar-refractivity contribution in [1.82, 2.24) is 0 Å². The lowest BCUT2D eigenvalue weighted by Crippen LogP contribution is -2.19. The molecule has 0 saturated heterocycles. The lowest BCUT2D eigenvalue weighted by molar-refractivity contribution is -0.0195. The van der Waals surface area contributed by atoms with E-state index in [-0.39, 0.29) is 5.56 Å². The van der Waals surface area contributed by atoms with E-state index in [1.165, 1.54) is 12.1 Å². The average molecular weight is 258 g/mol. The van der Waals surface area contributed by atoms with Crippen molar-refractivity contribution >= 4 is 5.78 Å². The fourth-order valence-corrected chi connectivity index (χ4v) is 1.63. The van der Waals surface area contributed by atoms with Gasteiger partial charge < -0.3 is 14.9 Å². The summed E-state index contributed by atoms with van der Waals surface area (Å²) in [5, 5.41) is 17.7. The van der Waals surface area contributed by atoms with Gasteiger partial charge in [-0.15, -0.1) is 0 Å². The van der Waals surface area contributed by atoms with Crippen LogP contribution in [0, 0.1) is 0 Å². The third-order valence-electron chi connectivity index (χ3n) is 2.60. The number of rotatable bonds is 5. The molecule has 0 aliphatic heterocycles. The predicted octanol–water partition coefficient (Wildman–Crippen LogP) is 1.76. The Morgan fingerprint density at radius 3 is 2.47 bits per heavy atom. The number of hydrogen-bond donors (Lipinski definition) is 2. The molecule has 4 heteroatoms. The van der Waals surface area contributed by atoms with E-state index in [9.17, 15) is 4.79 Å². The van der Waals surface area contributed by atoms with Crippen LogP contribution < -0.4 is 4.74 Å². The zero-order valence-corrected chi connectivity index (χ0v) is 10.2. The van der Waals surface area contributed by atoms with Crippen LogP contribution in [-0.4, -0.2) is 22.3 Å². The zero-order chi connectivity index (χ0) is 13.7. The molecule has 0 spiro atoms. The summed E-state index contributed by atoms with van der Waals surface area (Å²) in [7, 11) is 0. The number of benzene rings is 2. The zero-order valence-electron chi connectivity index (χ0n) is 10.2. The summed E-state index contributed by atoms with van der Waals surface area (Å²) in [5.41, 5.74) is 1.22. The molecule has 0 saturated carbocycles. The smallest absolute Gasteiger partial charge is 0.218 e. The highest BCUT2D eigenvalue weighted by molar-refractivity contribution is 5.98. The van der Waals surface area contributed by atoms with Crippen LogP contribution in [0.4, 0.5) is 0 Å². The number of ether oxygens (including phenoxy) is 1. The molecule has 0 aliphatic carbocycles. The van der Waals surface area contributed by atoms with Crippen molar-refractivity contribution in [2.75, 3.05) is 0 Å². The number of Topliss-reactive ketones (excluding diaryl/α,β-unsaturated/α-hetero) is 1. The number of aliphatic hydroxyl groups is 2. The minimum atomic E-state index is -2.00. The molecule has 4 nitrogen and oxygen atoms in total. The van der Waals surface area contributed by atoms with Gasteiger partial charge in [0.2, 0.25) is 12.1 Å². The minimum absolute atomic E-state index is 0.209. The van der Waals surface area contributed by atoms with Crippen molar-refractivity contribution in [3.63, 3.8) is 0 Å². The molecule has 2 N–H and O–H groups in total. The SMILES string of the molecule is O=C(c1cccc(OCc2ccccc2)c1)C(O)O. The fraction of sp³-hybridized carbons (Fsp3) is 0.133. The molecule has 98 valence electrons. The normalized spacial score (nSPS) is 10.5. The summed E-state index contributed by atoms with van der Waals surface area (Å²) in [6.45, 7) is 0.389. The molecular formula is C15H14O4. The van der Waals surface area contributed by atoms with Gasteiger partial charge in [0.25, 0.3) is 0 Å². The van der Waals surface area contributed by atoms with Crippen LogP contribution >= 0.6 is 0 Å². The lowest BCUT2D eigenvalue weighted by Gasteiger charge is -2.08. The molecule has 0 unspecified atom stereocenters. The molecule has 2 aromatic rings. The van der Waals surface area contributed by atoms with Gasteiger partial charge in [0.15, 0.2) is 0 Å². The Hall–Kier alpha value is -2.17. The quantitative estimate of drug-likeness (QED) is 0.633. The first-order valence-corrected chi connectivity index (χ1v) is 5.84. The number of hydrogen-bond acceptors (Lipinski definition) is 4. The maximum Gasteiger partial charge on any atom is 0.218 e. The second kappa shape index (κ2) is 6.13. The summed E-state index contributed by atoms with van der Waals surface area (Å²) in [5.74, 6) is -0.236. The molecule has 0 amide bonds. The third kappa shape index (κ3) is 3.64. The van der Waals surface area contributed by atoms with Crippen molar-refractivity contribution < 1.29 is 19.7 Å². The van der Waals surface area contributed by atoms with Gasteiger partial charge >= 0.3 is 0 Å². The number of carbonyl (C=O) groups is 1. The van der Waals surface area contributed by atoms with Crippen molar-refractivity contribution in [2.24, 2.45) is 0 Å². The van der Waals surface area contributed by atoms with Gasteiger partial charge in [0.1, 0.15) is 12.4 Å². The van der Waals surface area contributed by atoms with Gasteiger partial charge in [0, 0.05) is 5.56 Å². The highest BCUT2D eigenvalue weighted by Crippen LogP contribution is 2.16. The molecule has 0 heterocycles. The largest absolute Gasteiger partial charge is 0.489 e. The van der Waals surface area contributed by atoms with Crippen LogP contribution in [0.3, 0.4) is 0 Å². The second-order valence-corrected chi connectivity index (χ2v) is 4.04. The molecule has 0 bridgehead atoms. The first kappa shape index (κ1) is 13.3. The molecular weight excluding hydrogens is 244 g/mol. The minimum Gasteiger partial charge on any atom is -0.489 e. The second-order valence-electron chi connectivity index (χ2n) is 4.04. The predicted molar refractivity (Wildman–Crippen MR) is 69.8 cm³/mol. The van der Waals surface area contributed by atoms with Crippen molar-refractivity contribution in [3.8, 4) is 5.75 Å². The molecule has 0 radical (unpaired) electrons. The Morgan fingerprint density at radius 2 is 1.79 bits per heavy atom. The van der Waals surface area contributed by atoms with Crippen LogP contribution in [0.2, 0.25) is 0 Å². The summed E-state index contributed by atoms with van der Waals surface area (Å²) < 4.78 is 5.55. The summed E-state index contributed by atoms with van der Waals surface area (Å²) in [6, 6.07) is 16.0. The Morgan fingerprint density at radius 1 is 1.05 bits per heavy atom. The Bertz CT molecular complexity index is 549. The number of carbonyl (C=O) groups excluding carboxylic acids is 1. The maximum atomic E-state index is 11.4. The number of aliphatic hydroxyl groups excluding tert-OH is 1. The Balaban J connectivity index is 2.05. The van der Waals surface area contributed by atoms with Crippen LogP contribution in [0.25, 0.3) is 0 Å². The van der Waals surface area contributed by atoms with Crippen LogP contribution in [-0.2, 0) is 6.61 Å². The van der Waals surface area contributed by atoms with Gasteiger partial charge in [-0.25, -0.2) is 0 Å². The van der Waals surface area contributed by atoms with E-state index in [1.807, 2.05) is 30.3 Å². The summed E-state index contributed by atoms with van der Waals surface area (Å²) >= 11 is 0. The summed E-state index contributed by atoms with van der Waals surface area (Å²) in [6.07, 6.45) is -2.00. The van der Waals surface area contributed by atoms with Crippen molar-refractivity contribution in [1.29, 1.82) is 0 Å². The van der Waals surface area contributed by atoms with Gasteiger partial charge in [-0.3, -0.25) is 4.79 Å². The Kier molecular flexibility index (Phi) is 4.28. The van der Waals surface area contributed by atoms with Gasteiger partial charge in [-0.2, -0.15) is 0 Å². The van der Waals surface area contributed by atoms with Crippen molar-refractivity contribution in [2.45, 2.75) is 12.9 Å². The van der Waals surface area contributed by atoms with Crippen LogP contribution in [0.15, 0.2) is 54.6 Å². The van der Waals surface area contributed by atoms with E-state index >= 15 is 0 Å². The average Bonchev–Trinajstić information content (AvgIpc) is 2.45. The van der Waals surface area contributed by atoms with E-state index in [0.29, 0.717) is 12.4 Å². The van der Waals surface area contributed by atoms with Gasteiger partial charge in [0.05, 0.1) is 0 Å². The first-order chi connectivity index (χ1) is 9.16. The molecule has 19 heavy (non-hydrogen) atoms. The van der Waals surface area contributed by atoms with E-state index in [0.717, 1.165) is 5.56 Å². The van der Waals surface area contributed by atoms with Crippen molar-refractivity contribution in [3.05, 3.63) is 65.7 Å². The fourth-order valence-electron chi connectivity index (χ4n) is 1.63. The van der Waals surface area contributed by atoms with E-state index < -0.39 is 12.1 Å². The monoisotopic (exact) mass is 258 g/mol. The van der Waals surface area contributed by atoms with Gasteiger partial charge in [-0.1, -0.05) is 42.5 Å². The van der Waals surface area contributed by atoms with E-state index in [4.69, 9.17) is 14.9 Å². The maximum absolute atomic E-state index is 11.4. The third-order valence-corrected chi connectivity index (χ3v) is 2.60. The highest BCUT2D eigenvalue weighted by Gasteiger charge is 2.14. The molecule has 0 aromatic heterocycles. The Labute approximate surface area is 110 Å². The van der Waals surface area contributed by atoms with Crippen LogP contribution in [0.1, 0.15) is 15.9 Å². The van der Waals surface area contributed by atoms with E-state index in [2.05, 4.69) is 0 Å².